The van der Waals surface area contributed by atoms with Gasteiger partial charge in [-0.15, -0.1) is 0 Å². The maximum atomic E-state index is 13.4. The molecule has 2 N–H and O–H groups in total. The molecule has 0 saturated carbocycles. The van der Waals surface area contributed by atoms with E-state index in [0.717, 1.165) is 5.56 Å². The van der Waals surface area contributed by atoms with Crippen LogP contribution < -0.4 is 5.32 Å². The predicted molar refractivity (Wildman–Crippen MR) is 73.5 cm³/mol. The summed E-state index contributed by atoms with van der Waals surface area (Å²) in [6, 6.07) is 8.03. The molecule has 5 heteroatoms. The second-order valence-electron chi connectivity index (χ2n) is 4.41. The fraction of sp³-hybridized carbons (Fsp3) is 0.214. The number of hydrogen-bond donors (Lipinski definition) is 2. The Hall–Kier alpha value is -1.90. The standard InChI is InChI=1S/C14H13FN2OS/c1-14(18,10-5-6-19-8-10)9-17-13-4-2-3-12(15)11(13)7-16/h2-6,8,17-18H,9H2,1H3/t14-/m0/s1. The molecule has 2 aromatic rings. The van der Waals surface area contributed by atoms with Crippen LogP contribution in [0.3, 0.4) is 0 Å². The van der Waals surface area contributed by atoms with Crippen molar-refractivity contribution in [2.24, 2.45) is 0 Å². The Balaban J connectivity index is 2.16. The molecule has 1 heterocycles. The van der Waals surface area contributed by atoms with Crippen molar-refractivity contribution >= 4 is 17.0 Å². The molecular formula is C14H13FN2OS. The summed E-state index contributed by atoms with van der Waals surface area (Å²) in [7, 11) is 0. The highest BCUT2D eigenvalue weighted by Gasteiger charge is 2.23. The van der Waals surface area contributed by atoms with Crippen LogP contribution in [0.1, 0.15) is 18.1 Å². The van der Waals surface area contributed by atoms with Gasteiger partial charge >= 0.3 is 0 Å². The van der Waals surface area contributed by atoms with Gasteiger partial charge in [0.2, 0.25) is 0 Å². The van der Waals surface area contributed by atoms with E-state index in [1.807, 2.05) is 22.9 Å². The van der Waals surface area contributed by atoms with Crippen molar-refractivity contribution in [2.45, 2.75) is 12.5 Å². The molecule has 0 saturated heterocycles. The first-order chi connectivity index (χ1) is 9.04. The van der Waals surface area contributed by atoms with Crippen LogP contribution in [0.5, 0.6) is 0 Å². The maximum Gasteiger partial charge on any atom is 0.143 e. The Morgan fingerprint density at radius 3 is 2.89 bits per heavy atom. The predicted octanol–water partition coefficient (Wildman–Crippen LogP) is 3.08. The van der Waals surface area contributed by atoms with E-state index in [1.54, 1.807) is 13.0 Å². The van der Waals surface area contributed by atoms with Gasteiger partial charge < -0.3 is 10.4 Å². The topological polar surface area (TPSA) is 56.0 Å². The van der Waals surface area contributed by atoms with Crippen LogP contribution in [0.2, 0.25) is 0 Å². The number of thiophene rings is 1. The molecule has 1 aromatic heterocycles. The zero-order valence-electron chi connectivity index (χ0n) is 10.4. The van der Waals surface area contributed by atoms with E-state index in [0.29, 0.717) is 5.69 Å². The lowest BCUT2D eigenvalue weighted by Crippen LogP contribution is -2.30. The Morgan fingerprint density at radius 2 is 2.26 bits per heavy atom. The van der Waals surface area contributed by atoms with Crippen LogP contribution in [-0.4, -0.2) is 11.7 Å². The molecule has 0 aliphatic rings. The van der Waals surface area contributed by atoms with Crippen molar-refractivity contribution in [3.05, 3.63) is 52.0 Å². The van der Waals surface area contributed by atoms with Gasteiger partial charge in [-0.05, 0) is 41.4 Å². The maximum absolute atomic E-state index is 13.4. The third kappa shape index (κ3) is 2.92. The minimum absolute atomic E-state index is 0.0383. The second kappa shape index (κ2) is 5.39. The molecule has 0 aliphatic carbocycles. The number of rotatable bonds is 4. The molecule has 3 nitrogen and oxygen atoms in total. The average molecular weight is 276 g/mol. The highest BCUT2D eigenvalue weighted by Crippen LogP contribution is 2.25. The van der Waals surface area contributed by atoms with Crippen LogP contribution in [0.25, 0.3) is 0 Å². The first-order valence-corrected chi connectivity index (χ1v) is 6.66. The Morgan fingerprint density at radius 1 is 1.47 bits per heavy atom. The third-order valence-corrected chi connectivity index (χ3v) is 3.57. The smallest absolute Gasteiger partial charge is 0.143 e. The fourth-order valence-electron chi connectivity index (χ4n) is 1.73. The Labute approximate surface area is 114 Å². The molecule has 1 aromatic carbocycles. The second-order valence-corrected chi connectivity index (χ2v) is 5.19. The van der Waals surface area contributed by atoms with Crippen molar-refractivity contribution < 1.29 is 9.50 Å². The summed E-state index contributed by atoms with van der Waals surface area (Å²) >= 11 is 1.50. The SMILES string of the molecule is C[C@](O)(CNc1cccc(F)c1C#N)c1ccsc1. The summed E-state index contributed by atoms with van der Waals surface area (Å²) in [4.78, 5) is 0. The molecule has 0 spiro atoms. The molecule has 19 heavy (non-hydrogen) atoms. The zero-order chi connectivity index (χ0) is 13.9. The highest BCUT2D eigenvalue weighted by atomic mass is 32.1. The van der Waals surface area contributed by atoms with E-state index in [9.17, 15) is 9.50 Å². The summed E-state index contributed by atoms with van der Waals surface area (Å²) in [6.45, 7) is 1.87. The van der Waals surface area contributed by atoms with Gasteiger partial charge in [-0.25, -0.2) is 4.39 Å². The van der Waals surface area contributed by atoms with Crippen molar-refractivity contribution in [2.75, 3.05) is 11.9 Å². The number of hydrogen-bond acceptors (Lipinski definition) is 4. The van der Waals surface area contributed by atoms with E-state index >= 15 is 0 Å². The largest absolute Gasteiger partial charge is 0.384 e. The van der Waals surface area contributed by atoms with Crippen molar-refractivity contribution in [3.8, 4) is 6.07 Å². The minimum Gasteiger partial charge on any atom is -0.384 e. The highest BCUT2D eigenvalue weighted by molar-refractivity contribution is 7.08. The average Bonchev–Trinajstić information content (AvgIpc) is 2.91. The van der Waals surface area contributed by atoms with Gasteiger partial charge in [0.05, 0.1) is 5.69 Å². The van der Waals surface area contributed by atoms with Crippen molar-refractivity contribution in [1.82, 2.24) is 0 Å². The van der Waals surface area contributed by atoms with E-state index in [1.165, 1.54) is 23.5 Å². The monoisotopic (exact) mass is 276 g/mol. The molecule has 0 unspecified atom stereocenters. The van der Waals surface area contributed by atoms with E-state index in [4.69, 9.17) is 5.26 Å². The molecule has 0 bridgehead atoms. The minimum atomic E-state index is -1.07. The lowest BCUT2D eigenvalue weighted by molar-refractivity contribution is 0.0720. The van der Waals surface area contributed by atoms with Gasteiger partial charge in [0, 0.05) is 6.54 Å². The molecule has 98 valence electrons. The molecule has 2 rings (SSSR count). The zero-order valence-corrected chi connectivity index (χ0v) is 11.2. The molecule has 0 aliphatic heterocycles. The summed E-state index contributed by atoms with van der Waals surface area (Å²) < 4.78 is 13.4. The van der Waals surface area contributed by atoms with Gasteiger partial charge in [0.1, 0.15) is 23.1 Å². The molecule has 0 fully saturated rings. The van der Waals surface area contributed by atoms with Crippen LogP contribution in [-0.2, 0) is 5.60 Å². The summed E-state index contributed by atoms with van der Waals surface area (Å²) in [5.74, 6) is -0.567. The summed E-state index contributed by atoms with van der Waals surface area (Å²) in [5, 5.41) is 25.9. The van der Waals surface area contributed by atoms with E-state index in [2.05, 4.69) is 5.32 Å². The quantitative estimate of drug-likeness (QED) is 0.902. The number of nitrogens with zero attached hydrogens (tertiary/aromatic N) is 1. The number of aliphatic hydroxyl groups is 1. The van der Waals surface area contributed by atoms with E-state index in [-0.39, 0.29) is 12.1 Å². The van der Waals surface area contributed by atoms with Crippen LogP contribution >= 0.6 is 11.3 Å². The first-order valence-electron chi connectivity index (χ1n) is 5.72. The third-order valence-electron chi connectivity index (χ3n) is 2.89. The number of nitriles is 1. The van der Waals surface area contributed by atoms with Gasteiger partial charge in [-0.2, -0.15) is 16.6 Å². The lowest BCUT2D eigenvalue weighted by Gasteiger charge is -2.23. The fourth-order valence-corrected chi connectivity index (χ4v) is 2.51. The number of benzene rings is 1. The van der Waals surface area contributed by atoms with Gasteiger partial charge in [0.15, 0.2) is 0 Å². The van der Waals surface area contributed by atoms with E-state index < -0.39 is 11.4 Å². The molecule has 1 atom stereocenters. The van der Waals surface area contributed by atoms with Crippen molar-refractivity contribution in [3.63, 3.8) is 0 Å². The lowest BCUT2D eigenvalue weighted by atomic mass is 9.99. The Bertz CT molecular complexity index is 602. The van der Waals surface area contributed by atoms with Gasteiger partial charge in [-0.3, -0.25) is 0 Å². The normalized spacial score (nSPS) is 13.6. The van der Waals surface area contributed by atoms with Crippen LogP contribution in [0, 0.1) is 17.1 Å². The van der Waals surface area contributed by atoms with Gasteiger partial charge in [-0.1, -0.05) is 6.07 Å². The number of nitrogens with one attached hydrogen (secondary N) is 1. The Kier molecular flexibility index (Phi) is 3.84. The first kappa shape index (κ1) is 13.5. The number of halogens is 1. The molecular weight excluding hydrogens is 263 g/mol. The van der Waals surface area contributed by atoms with Crippen LogP contribution in [0.15, 0.2) is 35.0 Å². The van der Waals surface area contributed by atoms with Gasteiger partial charge in [0.25, 0.3) is 0 Å². The van der Waals surface area contributed by atoms with Crippen LogP contribution in [0.4, 0.5) is 10.1 Å². The number of anilines is 1. The molecule has 0 radical (unpaired) electrons. The summed E-state index contributed by atoms with van der Waals surface area (Å²) in [6.07, 6.45) is 0. The molecule has 0 amide bonds. The van der Waals surface area contributed by atoms with Crippen molar-refractivity contribution in [1.29, 1.82) is 5.26 Å². The summed E-state index contributed by atoms with van der Waals surface area (Å²) in [5.41, 5.74) is 0.0699.